The standard InChI is InChI=1S/C13H20N2O2S/c14-12-6-3-7-13(10-12)18(16,17)15-9-8-11-4-1-2-5-11/h3,6-7,10-11,15H,1-2,4-5,8-9,14H2. The quantitative estimate of drug-likeness (QED) is 0.803. The van der Waals surface area contributed by atoms with Crippen LogP contribution in [-0.4, -0.2) is 15.0 Å². The van der Waals surface area contributed by atoms with Gasteiger partial charge in [-0.05, 0) is 30.5 Å². The molecular weight excluding hydrogens is 248 g/mol. The molecule has 0 radical (unpaired) electrons. The van der Waals surface area contributed by atoms with Crippen molar-refractivity contribution in [2.45, 2.75) is 37.0 Å². The summed E-state index contributed by atoms with van der Waals surface area (Å²) >= 11 is 0. The van der Waals surface area contributed by atoms with Gasteiger partial charge in [-0.1, -0.05) is 31.7 Å². The van der Waals surface area contributed by atoms with E-state index in [1.165, 1.54) is 31.7 Å². The van der Waals surface area contributed by atoms with Gasteiger partial charge in [0.2, 0.25) is 10.0 Å². The average molecular weight is 268 g/mol. The van der Waals surface area contributed by atoms with Gasteiger partial charge in [-0.3, -0.25) is 0 Å². The molecular formula is C13H20N2O2S. The number of benzene rings is 1. The summed E-state index contributed by atoms with van der Waals surface area (Å²) in [6.45, 7) is 0.516. The highest BCUT2D eigenvalue weighted by atomic mass is 32.2. The lowest BCUT2D eigenvalue weighted by Crippen LogP contribution is -2.26. The summed E-state index contributed by atoms with van der Waals surface area (Å²) in [7, 11) is -3.40. The Morgan fingerprint density at radius 1 is 1.28 bits per heavy atom. The SMILES string of the molecule is Nc1cccc(S(=O)(=O)NCCC2CCCC2)c1. The Labute approximate surface area is 109 Å². The Hall–Kier alpha value is -1.07. The topological polar surface area (TPSA) is 72.2 Å². The predicted octanol–water partition coefficient (Wildman–Crippen LogP) is 2.13. The van der Waals surface area contributed by atoms with Crippen LogP contribution in [0.1, 0.15) is 32.1 Å². The Morgan fingerprint density at radius 3 is 2.67 bits per heavy atom. The first kappa shape index (κ1) is 13.4. The van der Waals surface area contributed by atoms with Crippen LogP contribution in [0, 0.1) is 5.92 Å². The highest BCUT2D eigenvalue weighted by molar-refractivity contribution is 7.89. The Bertz CT molecular complexity index is 493. The van der Waals surface area contributed by atoms with Crippen molar-refractivity contribution in [2.75, 3.05) is 12.3 Å². The first-order chi connectivity index (χ1) is 8.58. The third kappa shape index (κ3) is 3.46. The van der Waals surface area contributed by atoms with Gasteiger partial charge in [-0.15, -0.1) is 0 Å². The maximum atomic E-state index is 12.0. The Morgan fingerprint density at radius 2 is 2.00 bits per heavy atom. The monoisotopic (exact) mass is 268 g/mol. The lowest BCUT2D eigenvalue weighted by Gasteiger charge is -2.10. The fraction of sp³-hybridized carbons (Fsp3) is 0.538. The maximum Gasteiger partial charge on any atom is 0.240 e. The molecule has 18 heavy (non-hydrogen) atoms. The first-order valence-corrected chi connectivity index (χ1v) is 7.91. The van der Waals surface area contributed by atoms with Crippen LogP contribution < -0.4 is 10.5 Å². The number of sulfonamides is 1. The summed E-state index contributed by atoms with van der Waals surface area (Å²) in [5.74, 6) is 0.688. The Balaban J connectivity index is 1.90. The van der Waals surface area contributed by atoms with Gasteiger partial charge in [0.05, 0.1) is 4.90 Å². The smallest absolute Gasteiger partial charge is 0.240 e. The second-order valence-corrected chi connectivity index (χ2v) is 6.68. The van der Waals surface area contributed by atoms with Crippen molar-refractivity contribution < 1.29 is 8.42 Å². The van der Waals surface area contributed by atoms with Crippen LogP contribution in [0.3, 0.4) is 0 Å². The van der Waals surface area contributed by atoms with Crippen LogP contribution >= 0.6 is 0 Å². The molecule has 1 aromatic rings. The third-order valence-electron chi connectivity index (χ3n) is 3.49. The van der Waals surface area contributed by atoms with Gasteiger partial charge >= 0.3 is 0 Å². The maximum absolute atomic E-state index is 12.0. The number of rotatable bonds is 5. The molecule has 4 nitrogen and oxygen atoms in total. The largest absolute Gasteiger partial charge is 0.399 e. The van der Waals surface area contributed by atoms with Gasteiger partial charge < -0.3 is 5.73 Å². The summed E-state index contributed by atoms with van der Waals surface area (Å²) in [5.41, 5.74) is 6.06. The molecule has 100 valence electrons. The highest BCUT2D eigenvalue weighted by Gasteiger charge is 2.17. The van der Waals surface area contributed by atoms with E-state index < -0.39 is 10.0 Å². The van der Waals surface area contributed by atoms with Gasteiger partial charge in [0.15, 0.2) is 0 Å². The van der Waals surface area contributed by atoms with E-state index >= 15 is 0 Å². The molecule has 0 unspecified atom stereocenters. The molecule has 0 bridgehead atoms. The zero-order valence-electron chi connectivity index (χ0n) is 10.4. The average Bonchev–Trinajstić information content (AvgIpc) is 2.82. The molecule has 0 heterocycles. The van der Waals surface area contributed by atoms with Crippen molar-refractivity contribution >= 4 is 15.7 Å². The van der Waals surface area contributed by atoms with Crippen molar-refractivity contribution in [2.24, 2.45) is 5.92 Å². The summed E-state index contributed by atoms with van der Waals surface area (Å²) < 4.78 is 26.6. The molecule has 0 aliphatic heterocycles. The lowest BCUT2D eigenvalue weighted by molar-refractivity contribution is 0.495. The molecule has 0 spiro atoms. The van der Waals surface area contributed by atoms with E-state index in [9.17, 15) is 8.42 Å². The minimum absolute atomic E-state index is 0.244. The highest BCUT2D eigenvalue weighted by Crippen LogP contribution is 2.27. The zero-order chi connectivity index (χ0) is 13.0. The predicted molar refractivity (Wildman–Crippen MR) is 72.6 cm³/mol. The van der Waals surface area contributed by atoms with E-state index in [1.807, 2.05) is 0 Å². The van der Waals surface area contributed by atoms with E-state index in [4.69, 9.17) is 5.73 Å². The number of hydrogen-bond acceptors (Lipinski definition) is 3. The fourth-order valence-electron chi connectivity index (χ4n) is 2.46. The molecule has 1 saturated carbocycles. The van der Waals surface area contributed by atoms with E-state index in [-0.39, 0.29) is 4.90 Å². The second-order valence-electron chi connectivity index (χ2n) is 4.91. The third-order valence-corrected chi connectivity index (χ3v) is 4.95. The van der Waals surface area contributed by atoms with Gasteiger partial charge in [0, 0.05) is 12.2 Å². The second kappa shape index (κ2) is 5.71. The normalized spacial score (nSPS) is 17.1. The van der Waals surface area contributed by atoms with Crippen LogP contribution in [0.2, 0.25) is 0 Å². The molecule has 0 atom stereocenters. The van der Waals surface area contributed by atoms with Crippen molar-refractivity contribution in [1.29, 1.82) is 0 Å². The van der Waals surface area contributed by atoms with E-state index in [0.29, 0.717) is 18.2 Å². The van der Waals surface area contributed by atoms with Crippen LogP contribution in [0.15, 0.2) is 29.2 Å². The van der Waals surface area contributed by atoms with Gasteiger partial charge in [0.1, 0.15) is 0 Å². The molecule has 1 aliphatic carbocycles. The van der Waals surface area contributed by atoms with Crippen molar-refractivity contribution in [3.8, 4) is 0 Å². The number of hydrogen-bond donors (Lipinski definition) is 2. The molecule has 0 aromatic heterocycles. The number of nitrogens with one attached hydrogen (secondary N) is 1. The minimum atomic E-state index is -3.40. The van der Waals surface area contributed by atoms with E-state index in [0.717, 1.165) is 6.42 Å². The van der Waals surface area contributed by atoms with E-state index in [2.05, 4.69) is 4.72 Å². The molecule has 3 N–H and O–H groups in total. The first-order valence-electron chi connectivity index (χ1n) is 6.43. The molecule has 0 saturated heterocycles. The number of nitrogens with two attached hydrogens (primary N) is 1. The Kier molecular flexibility index (Phi) is 4.24. The van der Waals surface area contributed by atoms with Crippen LogP contribution in [0.5, 0.6) is 0 Å². The molecule has 1 aromatic carbocycles. The molecule has 5 heteroatoms. The number of anilines is 1. The molecule has 2 rings (SSSR count). The van der Waals surface area contributed by atoms with Gasteiger partial charge in [-0.2, -0.15) is 0 Å². The van der Waals surface area contributed by atoms with Crippen LogP contribution in [0.25, 0.3) is 0 Å². The van der Waals surface area contributed by atoms with Crippen molar-refractivity contribution in [3.63, 3.8) is 0 Å². The van der Waals surface area contributed by atoms with Crippen molar-refractivity contribution in [3.05, 3.63) is 24.3 Å². The fourth-order valence-corrected chi connectivity index (χ4v) is 3.56. The summed E-state index contributed by atoms with van der Waals surface area (Å²) in [6, 6.07) is 6.38. The lowest BCUT2D eigenvalue weighted by atomic mass is 10.1. The van der Waals surface area contributed by atoms with Crippen LogP contribution in [-0.2, 0) is 10.0 Å². The molecule has 1 fully saturated rings. The summed E-state index contributed by atoms with van der Waals surface area (Å²) in [4.78, 5) is 0.244. The zero-order valence-corrected chi connectivity index (χ0v) is 11.2. The molecule has 0 amide bonds. The molecule has 1 aliphatic rings. The van der Waals surface area contributed by atoms with Gasteiger partial charge in [-0.25, -0.2) is 13.1 Å². The summed E-state index contributed by atoms with van der Waals surface area (Å²) in [5, 5.41) is 0. The summed E-state index contributed by atoms with van der Waals surface area (Å²) in [6.07, 6.45) is 5.97. The minimum Gasteiger partial charge on any atom is -0.399 e. The van der Waals surface area contributed by atoms with Crippen molar-refractivity contribution in [1.82, 2.24) is 4.72 Å². The van der Waals surface area contributed by atoms with Gasteiger partial charge in [0.25, 0.3) is 0 Å². The van der Waals surface area contributed by atoms with Crippen LogP contribution in [0.4, 0.5) is 5.69 Å². The number of nitrogen functional groups attached to an aromatic ring is 1. The van der Waals surface area contributed by atoms with E-state index in [1.54, 1.807) is 18.2 Å².